The molecule has 0 saturated heterocycles. The van der Waals surface area contributed by atoms with E-state index in [1.54, 1.807) is 19.2 Å². The van der Waals surface area contributed by atoms with Crippen molar-refractivity contribution in [3.63, 3.8) is 0 Å². The Kier molecular flexibility index (Phi) is 7.24. The van der Waals surface area contributed by atoms with Crippen LogP contribution in [0.4, 0.5) is 0 Å². The molecule has 0 bridgehead atoms. The molecular formula is C14H24N4O2. The minimum absolute atomic E-state index is 0.209. The van der Waals surface area contributed by atoms with Crippen LogP contribution in [0.15, 0.2) is 27.8 Å². The lowest BCUT2D eigenvalue weighted by atomic mass is 10.1. The molecule has 1 rings (SSSR count). The van der Waals surface area contributed by atoms with Crippen molar-refractivity contribution in [1.29, 1.82) is 0 Å². The fourth-order valence-corrected chi connectivity index (χ4v) is 1.55. The van der Waals surface area contributed by atoms with Gasteiger partial charge in [0.1, 0.15) is 0 Å². The third-order valence-electron chi connectivity index (χ3n) is 2.69. The minimum atomic E-state index is -0.209. The molecule has 0 saturated carbocycles. The van der Waals surface area contributed by atoms with Crippen molar-refractivity contribution in [3.8, 4) is 0 Å². The molecule has 0 unspecified atom stereocenters. The Balaban J connectivity index is 2.14. The van der Waals surface area contributed by atoms with E-state index in [-0.39, 0.29) is 5.91 Å². The van der Waals surface area contributed by atoms with Crippen molar-refractivity contribution in [2.45, 2.75) is 20.3 Å². The van der Waals surface area contributed by atoms with Crippen LogP contribution in [0, 0.1) is 5.92 Å². The minimum Gasteiger partial charge on any atom is -0.459 e. The first-order chi connectivity index (χ1) is 9.63. The SMILES string of the molecule is CN=C(NCCNC(=O)c1ccco1)NCCC(C)C. The number of amides is 1. The maximum atomic E-state index is 11.6. The maximum Gasteiger partial charge on any atom is 0.287 e. The van der Waals surface area contributed by atoms with Gasteiger partial charge < -0.3 is 20.4 Å². The van der Waals surface area contributed by atoms with Crippen LogP contribution in [-0.2, 0) is 0 Å². The number of rotatable bonds is 7. The van der Waals surface area contributed by atoms with Crippen LogP contribution in [0.5, 0.6) is 0 Å². The molecule has 112 valence electrons. The van der Waals surface area contributed by atoms with Crippen LogP contribution in [0.1, 0.15) is 30.8 Å². The van der Waals surface area contributed by atoms with Crippen molar-refractivity contribution in [3.05, 3.63) is 24.2 Å². The summed E-state index contributed by atoms with van der Waals surface area (Å²) in [6.07, 6.45) is 2.57. The number of carbonyl (C=O) groups is 1. The van der Waals surface area contributed by atoms with Gasteiger partial charge in [0.25, 0.3) is 5.91 Å². The van der Waals surface area contributed by atoms with Crippen molar-refractivity contribution < 1.29 is 9.21 Å². The van der Waals surface area contributed by atoms with Crippen LogP contribution >= 0.6 is 0 Å². The fourth-order valence-electron chi connectivity index (χ4n) is 1.55. The monoisotopic (exact) mass is 280 g/mol. The summed E-state index contributed by atoms with van der Waals surface area (Å²) in [5, 5.41) is 9.12. The van der Waals surface area contributed by atoms with Crippen LogP contribution in [0.2, 0.25) is 0 Å². The lowest BCUT2D eigenvalue weighted by molar-refractivity contribution is 0.0926. The van der Waals surface area contributed by atoms with Gasteiger partial charge in [0, 0.05) is 26.7 Å². The normalized spacial score (nSPS) is 11.5. The highest BCUT2D eigenvalue weighted by atomic mass is 16.3. The average molecular weight is 280 g/mol. The number of nitrogens with one attached hydrogen (secondary N) is 3. The lowest BCUT2D eigenvalue weighted by Gasteiger charge is -2.12. The second kappa shape index (κ2) is 9.01. The zero-order valence-electron chi connectivity index (χ0n) is 12.4. The molecule has 0 aliphatic rings. The molecule has 1 aromatic heterocycles. The summed E-state index contributed by atoms with van der Waals surface area (Å²) in [5.41, 5.74) is 0. The van der Waals surface area contributed by atoms with Crippen molar-refractivity contribution in [2.75, 3.05) is 26.7 Å². The van der Waals surface area contributed by atoms with E-state index < -0.39 is 0 Å². The second-order valence-corrected chi connectivity index (χ2v) is 4.84. The highest BCUT2D eigenvalue weighted by Gasteiger charge is 2.06. The van der Waals surface area contributed by atoms with E-state index in [1.807, 2.05) is 0 Å². The molecule has 1 heterocycles. The molecule has 6 heteroatoms. The summed E-state index contributed by atoms with van der Waals surface area (Å²) in [4.78, 5) is 15.7. The lowest BCUT2D eigenvalue weighted by Crippen LogP contribution is -2.41. The molecule has 0 aromatic carbocycles. The van der Waals surface area contributed by atoms with Gasteiger partial charge in [-0.1, -0.05) is 13.8 Å². The van der Waals surface area contributed by atoms with E-state index in [4.69, 9.17) is 4.42 Å². The van der Waals surface area contributed by atoms with Gasteiger partial charge in [0.05, 0.1) is 6.26 Å². The molecule has 3 N–H and O–H groups in total. The van der Waals surface area contributed by atoms with Gasteiger partial charge in [-0.25, -0.2) is 0 Å². The Morgan fingerprint density at radius 2 is 1.95 bits per heavy atom. The molecule has 0 aliphatic heterocycles. The quantitative estimate of drug-likeness (QED) is 0.399. The summed E-state index contributed by atoms with van der Waals surface area (Å²) >= 11 is 0. The molecule has 0 spiro atoms. The molecule has 6 nitrogen and oxygen atoms in total. The van der Waals surface area contributed by atoms with E-state index >= 15 is 0 Å². The van der Waals surface area contributed by atoms with E-state index in [1.165, 1.54) is 6.26 Å². The first-order valence-corrected chi connectivity index (χ1v) is 6.89. The van der Waals surface area contributed by atoms with Gasteiger partial charge in [-0.15, -0.1) is 0 Å². The fraction of sp³-hybridized carbons (Fsp3) is 0.571. The van der Waals surface area contributed by atoms with Crippen LogP contribution < -0.4 is 16.0 Å². The zero-order valence-corrected chi connectivity index (χ0v) is 12.4. The topological polar surface area (TPSA) is 78.7 Å². The molecule has 20 heavy (non-hydrogen) atoms. The van der Waals surface area contributed by atoms with Gasteiger partial charge in [-0.2, -0.15) is 0 Å². The molecule has 0 atom stereocenters. The summed E-state index contributed by atoms with van der Waals surface area (Å²) < 4.78 is 5.00. The smallest absolute Gasteiger partial charge is 0.287 e. The third-order valence-corrected chi connectivity index (χ3v) is 2.69. The Hall–Kier alpha value is -1.98. The molecule has 0 radical (unpaired) electrons. The Morgan fingerprint density at radius 1 is 1.25 bits per heavy atom. The summed E-state index contributed by atoms with van der Waals surface area (Å²) in [6.45, 7) is 6.36. The van der Waals surface area contributed by atoms with E-state index in [9.17, 15) is 4.79 Å². The van der Waals surface area contributed by atoms with Crippen molar-refractivity contribution in [2.24, 2.45) is 10.9 Å². The molecule has 0 aliphatic carbocycles. The Morgan fingerprint density at radius 3 is 2.55 bits per heavy atom. The number of hydrogen-bond acceptors (Lipinski definition) is 3. The molecule has 0 fully saturated rings. The molecule has 1 amide bonds. The van der Waals surface area contributed by atoms with Gasteiger partial charge in [-0.05, 0) is 24.5 Å². The van der Waals surface area contributed by atoms with Gasteiger partial charge in [-0.3, -0.25) is 9.79 Å². The van der Waals surface area contributed by atoms with Crippen LogP contribution in [0.25, 0.3) is 0 Å². The standard InChI is InChI=1S/C14H24N4O2/c1-11(2)6-7-17-14(15-3)18-9-8-16-13(19)12-5-4-10-20-12/h4-5,10-11H,6-9H2,1-3H3,(H,16,19)(H2,15,17,18). The number of hydrogen-bond donors (Lipinski definition) is 3. The average Bonchev–Trinajstić information content (AvgIpc) is 2.95. The highest BCUT2D eigenvalue weighted by Crippen LogP contribution is 1.98. The first-order valence-electron chi connectivity index (χ1n) is 6.89. The first kappa shape index (κ1) is 16.1. The van der Waals surface area contributed by atoms with E-state index in [2.05, 4.69) is 34.8 Å². The maximum absolute atomic E-state index is 11.6. The number of nitrogens with zero attached hydrogens (tertiary/aromatic N) is 1. The predicted octanol–water partition coefficient (Wildman–Crippen LogP) is 1.22. The van der Waals surface area contributed by atoms with Crippen molar-refractivity contribution >= 4 is 11.9 Å². The Labute approximate surface area is 120 Å². The van der Waals surface area contributed by atoms with Crippen LogP contribution in [-0.4, -0.2) is 38.5 Å². The van der Waals surface area contributed by atoms with Gasteiger partial charge in [0.15, 0.2) is 11.7 Å². The number of furan rings is 1. The number of guanidine groups is 1. The summed E-state index contributed by atoms with van der Waals surface area (Å²) in [6, 6.07) is 3.32. The molecule has 1 aromatic rings. The second-order valence-electron chi connectivity index (χ2n) is 4.84. The highest BCUT2D eigenvalue weighted by molar-refractivity contribution is 5.91. The summed E-state index contributed by atoms with van der Waals surface area (Å²) in [5.74, 6) is 1.52. The largest absolute Gasteiger partial charge is 0.459 e. The third kappa shape index (κ3) is 6.26. The number of carbonyl (C=O) groups excluding carboxylic acids is 1. The predicted molar refractivity (Wildman–Crippen MR) is 79.9 cm³/mol. The van der Waals surface area contributed by atoms with E-state index in [0.717, 1.165) is 18.9 Å². The summed E-state index contributed by atoms with van der Waals surface area (Å²) in [7, 11) is 1.73. The van der Waals surface area contributed by atoms with Crippen molar-refractivity contribution in [1.82, 2.24) is 16.0 Å². The van der Waals surface area contributed by atoms with Gasteiger partial charge >= 0.3 is 0 Å². The number of aliphatic imine (C=N–C) groups is 1. The van der Waals surface area contributed by atoms with Crippen LogP contribution in [0.3, 0.4) is 0 Å². The van der Waals surface area contributed by atoms with Gasteiger partial charge in [0.2, 0.25) is 0 Å². The zero-order chi connectivity index (χ0) is 14.8. The Bertz CT molecular complexity index is 413. The van der Waals surface area contributed by atoms with E-state index in [0.29, 0.717) is 24.8 Å². The molecular weight excluding hydrogens is 256 g/mol.